The zero-order valence-corrected chi connectivity index (χ0v) is 13.4. The van der Waals surface area contributed by atoms with Gasteiger partial charge in [0.1, 0.15) is 0 Å². The average Bonchev–Trinajstić information content (AvgIpc) is 2.84. The third kappa shape index (κ3) is 2.04. The number of thioether (sulfide) groups is 1. The topological polar surface area (TPSA) is 27.8 Å². The number of aromatic amines is 1. The number of benzene rings is 2. The molecule has 0 aliphatic carbocycles. The Labute approximate surface area is 134 Å². The first-order valence-corrected chi connectivity index (χ1v) is 8.71. The highest BCUT2D eigenvalue weighted by atomic mass is 32.2. The molecule has 0 spiro atoms. The van der Waals surface area contributed by atoms with Gasteiger partial charge in [-0.05, 0) is 42.0 Å². The lowest BCUT2D eigenvalue weighted by atomic mass is 10.00. The Bertz CT molecular complexity index is 859. The zero-order chi connectivity index (χ0) is 15.1. The predicted octanol–water partition coefficient (Wildman–Crippen LogP) is 4.67. The number of hydrogen-bond donors (Lipinski definition) is 2. The molecule has 3 aromatic rings. The largest absolute Gasteiger partial charge is 0.385 e. The lowest BCUT2D eigenvalue weighted by Gasteiger charge is -2.06. The molecule has 1 aromatic heterocycles. The summed E-state index contributed by atoms with van der Waals surface area (Å²) in [5.74, 6) is 0. The van der Waals surface area contributed by atoms with Crippen molar-refractivity contribution < 1.29 is 0 Å². The van der Waals surface area contributed by atoms with Gasteiger partial charge in [0.05, 0.1) is 0 Å². The van der Waals surface area contributed by atoms with Gasteiger partial charge >= 0.3 is 0 Å². The molecule has 0 unspecified atom stereocenters. The van der Waals surface area contributed by atoms with Gasteiger partial charge in [0, 0.05) is 39.3 Å². The van der Waals surface area contributed by atoms with Crippen molar-refractivity contribution in [3.8, 4) is 11.3 Å². The molecule has 2 N–H and O–H groups in total. The molecule has 0 bridgehead atoms. The van der Waals surface area contributed by atoms with Crippen molar-refractivity contribution in [2.24, 2.45) is 0 Å². The summed E-state index contributed by atoms with van der Waals surface area (Å²) in [5.41, 5.74) is 7.32. The van der Waals surface area contributed by atoms with Gasteiger partial charge in [-0.2, -0.15) is 0 Å². The molecule has 3 heteroatoms. The summed E-state index contributed by atoms with van der Waals surface area (Å²) in [5, 5.41) is 4.74. The van der Waals surface area contributed by atoms with Gasteiger partial charge in [-0.1, -0.05) is 30.8 Å². The maximum Gasteiger partial charge on any atom is 0.0498 e. The fourth-order valence-corrected chi connectivity index (χ4v) is 3.66. The van der Waals surface area contributed by atoms with Crippen LogP contribution in [0, 0.1) is 0 Å². The second-order valence-electron chi connectivity index (χ2n) is 5.59. The van der Waals surface area contributed by atoms with Crippen molar-refractivity contribution in [1.29, 1.82) is 0 Å². The molecule has 2 nitrogen and oxygen atoms in total. The summed E-state index contributed by atoms with van der Waals surface area (Å²) in [4.78, 5) is 4.92. The molecule has 4 rings (SSSR count). The highest BCUT2D eigenvalue weighted by molar-refractivity contribution is 7.98. The van der Waals surface area contributed by atoms with Gasteiger partial charge in [0.2, 0.25) is 0 Å². The molecule has 2 aromatic carbocycles. The van der Waals surface area contributed by atoms with Crippen molar-refractivity contribution in [3.05, 3.63) is 60.2 Å². The summed E-state index contributed by atoms with van der Waals surface area (Å²) >= 11 is 1.77. The Morgan fingerprint density at radius 1 is 1.09 bits per heavy atom. The average molecular weight is 306 g/mol. The van der Waals surface area contributed by atoms with Crippen LogP contribution in [0.3, 0.4) is 0 Å². The molecule has 0 saturated carbocycles. The Kier molecular flexibility index (Phi) is 3.23. The standard InChI is InChI=1S/C19H18N2S/c1-12-15-4-3-5-17-18(15)16(10-11-20-12)19(21-17)13-6-8-14(22-2)9-7-13/h3-9,20-21H,1,10-11H2,2H3. The fraction of sp³-hybridized carbons (Fsp3) is 0.158. The Balaban J connectivity index is 1.96. The predicted molar refractivity (Wildman–Crippen MR) is 96.3 cm³/mol. The van der Waals surface area contributed by atoms with Crippen LogP contribution in [0.4, 0.5) is 0 Å². The fourth-order valence-electron chi connectivity index (χ4n) is 3.26. The minimum Gasteiger partial charge on any atom is -0.385 e. The molecule has 22 heavy (non-hydrogen) atoms. The molecular weight excluding hydrogens is 288 g/mol. The number of nitrogens with one attached hydrogen (secondary N) is 2. The summed E-state index contributed by atoms with van der Waals surface area (Å²) in [6.45, 7) is 5.10. The number of rotatable bonds is 2. The minimum absolute atomic E-state index is 0.927. The van der Waals surface area contributed by atoms with Crippen LogP contribution < -0.4 is 5.32 Å². The Morgan fingerprint density at radius 3 is 2.68 bits per heavy atom. The van der Waals surface area contributed by atoms with E-state index in [9.17, 15) is 0 Å². The highest BCUT2D eigenvalue weighted by Gasteiger charge is 2.19. The van der Waals surface area contributed by atoms with Crippen LogP contribution >= 0.6 is 11.8 Å². The van der Waals surface area contributed by atoms with Gasteiger partial charge in [-0.15, -0.1) is 11.8 Å². The van der Waals surface area contributed by atoms with E-state index in [0.29, 0.717) is 0 Å². The zero-order valence-electron chi connectivity index (χ0n) is 12.6. The summed E-state index contributed by atoms with van der Waals surface area (Å²) in [6.07, 6.45) is 3.12. The molecule has 2 heterocycles. The van der Waals surface area contributed by atoms with Gasteiger partial charge in [0.15, 0.2) is 0 Å². The first kappa shape index (κ1) is 13.5. The van der Waals surface area contributed by atoms with Crippen molar-refractivity contribution in [3.63, 3.8) is 0 Å². The summed E-state index contributed by atoms with van der Waals surface area (Å²) < 4.78 is 0. The normalized spacial score (nSPS) is 14.0. The maximum absolute atomic E-state index is 4.18. The lowest BCUT2D eigenvalue weighted by Crippen LogP contribution is -2.12. The molecule has 1 aliphatic rings. The van der Waals surface area contributed by atoms with E-state index >= 15 is 0 Å². The van der Waals surface area contributed by atoms with E-state index in [1.165, 1.54) is 38.2 Å². The first-order valence-electron chi connectivity index (χ1n) is 7.49. The maximum atomic E-state index is 4.18. The van der Waals surface area contributed by atoms with E-state index in [0.717, 1.165) is 18.7 Å². The molecule has 1 aliphatic heterocycles. The first-order chi connectivity index (χ1) is 10.8. The van der Waals surface area contributed by atoms with Gasteiger partial charge in [-0.3, -0.25) is 0 Å². The van der Waals surface area contributed by atoms with E-state index in [4.69, 9.17) is 0 Å². The van der Waals surface area contributed by atoms with E-state index in [2.05, 4.69) is 65.6 Å². The molecule has 0 fully saturated rings. The molecular formula is C19H18N2S. The second-order valence-corrected chi connectivity index (χ2v) is 6.47. The van der Waals surface area contributed by atoms with Crippen LogP contribution in [0.5, 0.6) is 0 Å². The number of hydrogen-bond acceptors (Lipinski definition) is 2. The molecule has 0 saturated heterocycles. The summed E-state index contributed by atoms with van der Waals surface area (Å²) in [6, 6.07) is 15.2. The van der Waals surface area contributed by atoms with Crippen molar-refractivity contribution in [1.82, 2.24) is 10.3 Å². The van der Waals surface area contributed by atoms with Crippen molar-refractivity contribution in [2.45, 2.75) is 11.3 Å². The number of aromatic nitrogens is 1. The van der Waals surface area contributed by atoms with Crippen LogP contribution in [-0.2, 0) is 6.42 Å². The third-order valence-corrected chi connectivity index (χ3v) is 5.09. The van der Waals surface area contributed by atoms with Crippen molar-refractivity contribution >= 4 is 28.4 Å². The van der Waals surface area contributed by atoms with Gasteiger partial charge in [-0.25, -0.2) is 0 Å². The van der Waals surface area contributed by atoms with Crippen LogP contribution in [-0.4, -0.2) is 17.8 Å². The van der Waals surface area contributed by atoms with E-state index < -0.39 is 0 Å². The van der Waals surface area contributed by atoms with Crippen molar-refractivity contribution in [2.75, 3.05) is 12.8 Å². The van der Waals surface area contributed by atoms with E-state index in [1.54, 1.807) is 11.8 Å². The smallest absolute Gasteiger partial charge is 0.0498 e. The van der Waals surface area contributed by atoms with Gasteiger partial charge < -0.3 is 10.3 Å². The minimum atomic E-state index is 0.927. The molecule has 0 amide bonds. The van der Waals surface area contributed by atoms with E-state index in [1.807, 2.05) is 0 Å². The van der Waals surface area contributed by atoms with Crippen LogP contribution in [0.25, 0.3) is 27.9 Å². The van der Waals surface area contributed by atoms with Crippen LogP contribution in [0.1, 0.15) is 11.1 Å². The Hall–Kier alpha value is -2.13. The SMILES string of the molecule is C=C1NCCc2c(-c3ccc(SC)cc3)[nH]c3cccc1c23. The Morgan fingerprint density at radius 2 is 1.91 bits per heavy atom. The lowest BCUT2D eigenvalue weighted by molar-refractivity contribution is 0.863. The molecule has 0 radical (unpaired) electrons. The third-order valence-electron chi connectivity index (χ3n) is 4.34. The van der Waals surface area contributed by atoms with Crippen LogP contribution in [0.2, 0.25) is 0 Å². The quantitative estimate of drug-likeness (QED) is 0.673. The van der Waals surface area contributed by atoms with Gasteiger partial charge in [0.25, 0.3) is 0 Å². The molecule has 0 atom stereocenters. The van der Waals surface area contributed by atoms with E-state index in [-0.39, 0.29) is 0 Å². The summed E-state index contributed by atoms with van der Waals surface area (Å²) in [7, 11) is 0. The highest BCUT2D eigenvalue weighted by Crippen LogP contribution is 2.36. The molecule has 110 valence electrons. The monoisotopic (exact) mass is 306 g/mol. The number of H-pyrrole nitrogens is 1. The second kappa shape index (κ2) is 5.25. The van der Waals surface area contributed by atoms with Crippen LogP contribution in [0.15, 0.2) is 53.9 Å².